The van der Waals surface area contributed by atoms with E-state index in [0.29, 0.717) is 6.42 Å². The van der Waals surface area contributed by atoms with E-state index in [2.05, 4.69) is 10.6 Å². The van der Waals surface area contributed by atoms with E-state index in [4.69, 9.17) is 0 Å². The fourth-order valence-corrected chi connectivity index (χ4v) is 6.18. The molecule has 204 valence electrons. The minimum Gasteiger partial charge on any atom is -0.350 e. The van der Waals surface area contributed by atoms with Crippen molar-refractivity contribution in [3.8, 4) is 6.07 Å². The van der Waals surface area contributed by atoms with Gasteiger partial charge in [-0.25, -0.2) is 0 Å². The summed E-state index contributed by atoms with van der Waals surface area (Å²) in [6, 6.07) is -1.43. The van der Waals surface area contributed by atoms with Crippen LogP contribution in [0.1, 0.15) is 60.3 Å². The number of carbonyl (C=O) groups is 4. The lowest BCUT2D eigenvalue weighted by Crippen LogP contribution is -2.61. The molecule has 3 N–H and O–H groups in total. The zero-order valence-electron chi connectivity index (χ0n) is 21.7. The lowest BCUT2D eigenvalue weighted by molar-refractivity contribution is -0.176. The molecule has 4 amide bonds. The molecule has 2 aliphatic heterocycles. The van der Waals surface area contributed by atoms with Gasteiger partial charge in [0.25, 0.3) is 0 Å². The lowest BCUT2D eigenvalue weighted by Gasteiger charge is -2.37. The van der Waals surface area contributed by atoms with E-state index in [1.165, 1.54) is 25.7 Å². The Bertz CT molecular complexity index is 1060. The molecule has 37 heavy (non-hydrogen) atoms. The zero-order valence-corrected chi connectivity index (χ0v) is 21.7. The summed E-state index contributed by atoms with van der Waals surface area (Å²) in [5.41, 5.74) is -1.50. The topological polar surface area (TPSA) is 131 Å². The summed E-state index contributed by atoms with van der Waals surface area (Å²) in [5, 5.41) is 17.2. The number of nitriles is 1. The number of rotatable bonds is 6. The number of carbonyl (C=O) groups excluding carboxylic acids is 4. The van der Waals surface area contributed by atoms with Crippen molar-refractivity contribution in [1.29, 1.82) is 5.26 Å². The molecule has 2 heterocycles. The van der Waals surface area contributed by atoms with Gasteiger partial charge in [-0.15, -0.1) is 0 Å². The van der Waals surface area contributed by atoms with E-state index in [9.17, 15) is 37.6 Å². The molecule has 6 atom stereocenters. The van der Waals surface area contributed by atoms with Crippen LogP contribution in [0.2, 0.25) is 0 Å². The second kappa shape index (κ2) is 8.60. The first-order valence-corrected chi connectivity index (χ1v) is 12.6. The molecular formula is C25H34F3N5O4. The largest absolute Gasteiger partial charge is 0.471 e. The molecule has 1 spiro atoms. The fraction of sp³-hybridized carbons (Fsp3) is 0.800. The highest BCUT2D eigenvalue weighted by atomic mass is 19.4. The van der Waals surface area contributed by atoms with Gasteiger partial charge < -0.3 is 20.9 Å². The number of nitrogens with one attached hydrogen (secondary N) is 3. The van der Waals surface area contributed by atoms with Crippen LogP contribution in [-0.2, 0) is 19.2 Å². The Labute approximate surface area is 213 Å². The molecule has 2 saturated carbocycles. The van der Waals surface area contributed by atoms with E-state index < -0.39 is 53.4 Å². The van der Waals surface area contributed by atoms with E-state index in [1.54, 1.807) is 0 Å². The molecule has 0 aromatic carbocycles. The number of hydrogen-bond donors (Lipinski definition) is 3. The van der Waals surface area contributed by atoms with Gasteiger partial charge in [0.1, 0.15) is 18.1 Å². The van der Waals surface area contributed by atoms with Crippen LogP contribution in [0.4, 0.5) is 13.2 Å². The van der Waals surface area contributed by atoms with Gasteiger partial charge in [0.05, 0.1) is 6.07 Å². The van der Waals surface area contributed by atoms with Crippen molar-refractivity contribution in [2.45, 2.75) is 90.1 Å². The maximum absolute atomic E-state index is 13.5. The smallest absolute Gasteiger partial charge is 0.350 e. The highest BCUT2D eigenvalue weighted by Gasteiger charge is 2.70. The molecule has 0 aromatic heterocycles. The van der Waals surface area contributed by atoms with Crippen LogP contribution in [0.25, 0.3) is 0 Å². The Morgan fingerprint density at radius 2 is 1.81 bits per heavy atom. The third-order valence-electron chi connectivity index (χ3n) is 8.65. The quantitative estimate of drug-likeness (QED) is 0.485. The number of amides is 4. The molecule has 0 bridgehead atoms. The minimum absolute atomic E-state index is 0.0398. The first-order chi connectivity index (χ1) is 16.9. The molecule has 0 radical (unpaired) electrons. The van der Waals surface area contributed by atoms with Gasteiger partial charge in [-0.05, 0) is 48.3 Å². The van der Waals surface area contributed by atoms with Gasteiger partial charge in [-0.3, -0.25) is 19.2 Å². The zero-order chi connectivity index (χ0) is 27.7. The van der Waals surface area contributed by atoms with Crippen molar-refractivity contribution in [3.63, 3.8) is 0 Å². The third kappa shape index (κ3) is 5.01. The number of nitrogens with zero attached hydrogens (tertiary/aromatic N) is 2. The van der Waals surface area contributed by atoms with Gasteiger partial charge >= 0.3 is 12.1 Å². The normalized spacial score (nSPS) is 30.6. The Morgan fingerprint density at radius 1 is 1.19 bits per heavy atom. The lowest BCUT2D eigenvalue weighted by atomic mass is 9.85. The van der Waals surface area contributed by atoms with Crippen LogP contribution in [0, 0.1) is 39.9 Å². The predicted octanol–water partition coefficient (Wildman–Crippen LogP) is 1.63. The molecule has 9 nitrogen and oxygen atoms in total. The number of fused-ring (bicyclic) bond motifs is 1. The van der Waals surface area contributed by atoms with E-state index in [0.717, 1.165) is 12.8 Å². The van der Waals surface area contributed by atoms with E-state index in [-0.39, 0.29) is 41.7 Å². The molecule has 2 aliphatic carbocycles. The standard InChI is InChI=1S/C25H34F3N5O4/c1-22(2,3)17(31-21(37)25(26,27)28)20(36)33-11-14-15(23(14,4)5)16(33)19(35)30-13(10-29)8-12-9-24(6-7-24)32-18(12)34/h12-17H,6-9,11H2,1-5H3,(H,30,35)(H,31,37)(H,32,34). The Hall–Kier alpha value is -2.84. The van der Waals surface area contributed by atoms with Crippen molar-refractivity contribution in [3.05, 3.63) is 0 Å². The monoisotopic (exact) mass is 525 g/mol. The Kier molecular flexibility index (Phi) is 6.32. The summed E-state index contributed by atoms with van der Waals surface area (Å²) in [5.74, 6) is -4.39. The van der Waals surface area contributed by atoms with Crippen molar-refractivity contribution in [2.24, 2.45) is 28.6 Å². The summed E-state index contributed by atoms with van der Waals surface area (Å²) in [4.78, 5) is 52.3. The van der Waals surface area contributed by atoms with E-state index >= 15 is 0 Å². The SMILES string of the molecule is CC(C)(C)C(NC(=O)C(F)(F)F)C(=O)N1CC2C(C1C(=O)NC(C#N)CC1CC3(CC3)NC1=O)C2(C)C. The first-order valence-electron chi connectivity index (χ1n) is 12.6. The molecule has 0 aromatic rings. The second-order valence-corrected chi connectivity index (χ2v) is 12.8. The number of halogens is 3. The van der Waals surface area contributed by atoms with Crippen molar-refractivity contribution in [2.75, 3.05) is 6.54 Å². The molecule has 4 fully saturated rings. The average Bonchev–Trinajstić information content (AvgIpc) is 3.48. The van der Waals surface area contributed by atoms with Gasteiger partial charge in [-0.2, -0.15) is 18.4 Å². The van der Waals surface area contributed by atoms with Crippen LogP contribution in [0.3, 0.4) is 0 Å². The first kappa shape index (κ1) is 27.2. The summed E-state index contributed by atoms with van der Waals surface area (Å²) in [7, 11) is 0. The van der Waals surface area contributed by atoms with Crippen LogP contribution in [-0.4, -0.2) is 64.9 Å². The highest BCUT2D eigenvalue weighted by Crippen LogP contribution is 2.65. The number of likely N-dealkylation sites (tertiary alicyclic amines) is 1. The predicted molar refractivity (Wildman–Crippen MR) is 124 cm³/mol. The average molecular weight is 526 g/mol. The van der Waals surface area contributed by atoms with Gasteiger partial charge in [0.15, 0.2) is 0 Å². The van der Waals surface area contributed by atoms with E-state index in [1.807, 2.05) is 25.2 Å². The Morgan fingerprint density at radius 3 is 2.30 bits per heavy atom. The Balaban J connectivity index is 1.51. The van der Waals surface area contributed by atoms with Crippen molar-refractivity contribution in [1.82, 2.24) is 20.9 Å². The molecule has 6 unspecified atom stereocenters. The summed E-state index contributed by atoms with van der Waals surface area (Å²) in [6.45, 7) is 8.68. The van der Waals surface area contributed by atoms with Crippen molar-refractivity contribution < 1.29 is 32.3 Å². The number of piperidine rings is 1. The number of alkyl halides is 3. The molecule has 2 saturated heterocycles. The van der Waals surface area contributed by atoms with Crippen molar-refractivity contribution >= 4 is 23.6 Å². The minimum atomic E-state index is -5.17. The summed E-state index contributed by atoms with van der Waals surface area (Å²) >= 11 is 0. The fourth-order valence-electron chi connectivity index (χ4n) is 6.18. The maximum atomic E-state index is 13.5. The highest BCUT2D eigenvalue weighted by molar-refractivity contribution is 5.95. The molecular weight excluding hydrogens is 491 g/mol. The maximum Gasteiger partial charge on any atom is 0.471 e. The van der Waals surface area contributed by atoms with Crippen LogP contribution in [0.5, 0.6) is 0 Å². The second-order valence-electron chi connectivity index (χ2n) is 12.8. The molecule has 12 heteroatoms. The van der Waals surface area contributed by atoms with Crippen LogP contribution < -0.4 is 16.0 Å². The number of hydrogen-bond acceptors (Lipinski definition) is 5. The van der Waals surface area contributed by atoms with Crippen LogP contribution in [0.15, 0.2) is 0 Å². The van der Waals surface area contributed by atoms with Gasteiger partial charge in [0, 0.05) is 18.0 Å². The summed E-state index contributed by atoms with van der Waals surface area (Å²) in [6.07, 6.45) is -2.62. The summed E-state index contributed by atoms with van der Waals surface area (Å²) < 4.78 is 38.9. The third-order valence-corrected chi connectivity index (χ3v) is 8.65. The molecule has 4 aliphatic rings. The van der Waals surface area contributed by atoms with Gasteiger partial charge in [-0.1, -0.05) is 34.6 Å². The van der Waals surface area contributed by atoms with Gasteiger partial charge in [0.2, 0.25) is 17.7 Å². The molecule has 4 rings (SSSR count). The van der Waals surface area contributed by atoms with Crippen LogP contribution >= 0.6 is 0 Å².